The average molecular weight is 458 g/mol. The summed E-state index contributed by atoms with van der Waals surface area (Å²) in [4.78, 5) is 28.2. The van der Waals surface area contributed by atoms with E-state index in [0.717, 1.165) is 5.56 Å². The van der Waals surface area contributed by atoms with E-state index in [0.29, 0.717) is 46.3 Å². The summed E-state index contributed by atoms with van der Waals surface area (Å²) in [5.74, 6) is 0.622. The van der Waals surface area contributed by atoms with Crippen molar-refractivity contribution in [3.63, 3.8) is 0 Å². The average Bonchev–Trinajstić information content (AvgIpc) is 3.04. The summed E-state index contributed by atoms with van der Waals surface area (Å²) in [6.45, 7) is 6.21. The van der Waals surface area contributed by atoms with Crippen LogP contribution in [0.25, 0.3) is 11.0 Å². The molecule has 3 aromatic rings. The van der Waals surface area contributed by atoms with Gasteiger partial charge in [-0.05, 0) is 56.2 Å². The van der Waals surface area contributed by atoms with Crippen molar-refractivity contribution in [2.75, 3.05) is 26.4 Å². The maximum absolute atomic E-state index is 13.5. The molecular formula is C24H24ClNO6. The molecule has 1 N–H and O–H groups in total. The van der Waals surface area contributed by atoms with Crippen LogP contribution >= 0.6 is 11.6 Å². The summed E-state index contributed by atoms with van der Waals surface area (Å²) in [5, 5.41) is 10.4. The minimum atomic E-state index is -0.736. The quantitative estimate of drug-likeness (QED) is 0.574. The van der Waals surface area contributed by atoms with E-state index < -0.39 is 11.9 Å². The predicted molar refractivity (Wildman–Crippen MR) is 121 cm³/mol. The van der Waals surface area contributed by atoms with Crippen LogP contribution in [0.3, 0.4) is 0 Å². The number of amides is 1. The fourth-order valence-corrected chi connectivity index (χ4v) is 4.23. The van der Waals surface area contributed by atoms with Gasteiger partial charge in [-0.3, -0.25) is 9.59 Å². The number of aliphatic hydroxyl groups excluding tert-OH is 1. The third-order valence-electron chi connectivity index (χ3n) is 5.47. The monoisotopic (exact) mass is 457 g/mol. The first kappa shape index (κ1) is 22.2. The minimum absolute atomic E-state index is 0.0190. The van der Waals surface area contributed by atoms with Crippen LogP contribution < -0.4 is 14.9 Å². The number of hydrogen-bond donors (Lipinski definition) is 1. The van der Waals surface area contributed by atoms with E-state index in [1.807, 2.05) is 13.8 Å². The summed E-state index contributed by atoms with van der Waals surface area (Å²) in [5.41, 5.74) is 1.60. The zero-order chi connectivity index (χ0) is 23.0. The Morgan fingerprint density at radius 1 is 1.09 bits per heavy atom. The lowest BCUT2D eigenvalue weighted by Crippen LogP contribution is -2.32. The van der Waals surface area contributed by atoms with Crippen LogP contribution in [-0.4, -0.2) is 42.3 Å². The molecule has 168 valence electrons. The van der Waals surface area contributed by atoms with Gasteiger partial charge in [-0.1, -0.05) is 17.7 Å². The number of β-amino-alcohol motifs (C(OH)–C–C–N with tert-alkyl or cyclic N) is 1. The van der Waals surface area contributed by atoms with Gasteiger partial charge in [0.15, 0.2) is 16.9 Å². The highest BCUT2D eigenvalue weighted by molar-refractivity contribution is 6.32. The van der Waals surface area contributed by atoms with Gasteiger partial charge < -0.3 is 23.9 Å². The van der Waals surface area contributed by atoms with Gasteiger partial charge in [0.1, 0.15) is 5.58 Å². The van der Waals surface area contributed by atoms with Crippen molar-refractivity contribution in [1.29, 1.82) is 0 Å². The van der Waals surface area contributed by atoms with Gasteiger partial charge >= 0.3 is 0 Å². The molecule has 7 nitrogen and oxygen atoms in total. The molecule has 0 fully saturated rings. The van der Waals surface area contributed by atoms with Crippen LogP contribution in [0, 0.1) is 6.92 Å². The normalized spacial score (nSPS) is 15.3. The van der Waals surface area contributed by atoms with Crippen molar-refractivity contribution in [1.82, 2.24) is 4.90 Å². The second-order valence-electron chi connectivity index (χ2n) is 7.47. The number of nitrogens with zero attached hydrogens (tertiary/aromatic N) is 1. The molecule has 2 heterocycles. The highest BCUT2D eigenvalue weighted by atomic mass is 35.5. The molecule has 1 aliphatic heterocycles. The topological polar surface area (TPSA) is 89.2 Å². The third kappa shape index (κ3) is 3.61. The minimum Gasteiger partial charge on any atom is -0.490 e. The lowest BCUT2D eigenvalue weighted by Gasteiger charge is -2.25. The third-order valence-corrected chi connectivity index (χ3v) is 5.88. The summed E-state index contributed by atoms with van der Waals surface area (Å²) >= 11 is 6.25. The number of fused-ring (bicyclic) bond motifs is 2. The number of halogens is 1. The van der Waals surface area contributed by atoms with E-state index in [9.17, 15) is 14.7 Å². The fraction of sp³-hybridized carbons (Fsp3) is 0.333. The van der Waals surface area contributed by atoms with Crippen molar-refractivity contribution in [2.45, 2.75) is 26.8 Å². The Morgan fingerprint density at radius 2 is 1.81 bits per heavy atom. The van der Waals surface area contributed by atoms with E-state index in [4.69, 9.17) is 25.5 Å². The number of benzene rings is 2. The lowest BCUT2D eigenvalue weighted by atomic mass is 9.98. The Hall–Kier alpha value is -3.03. The summed E-state index contributed by atoms with van der Waals surface area (Å²) in [6.07, 6.45) is 0. The fourth-order valence-electron chi connectivity index (χ4n) is 4.06. The molecule has 1 atom stereocenters. The second-order valence-corrected chi connectivity index (χ2v) is 7.88. The number of aliphatic hydroxyl groups is 1. The van der Waals surface area contributed by atoms with Crippen molar-refractivity contribution in [2.24, 2.45) is 0 Å². The van der Waals surface area contributed by atoms with E-state index in [1.165, 1.54) is 4.90 Å². The maximum Gasteiger partial charge on any atom is 0.290 e. The lowest BCUT2D eigenvalue weighted by molar-refractivity contribution is 0.0691. The molecular weight excluding hydrogens is 434 g/mol. The molecule has 0 bridgehead atoms. The van der Waals surface area contributed by atoms with Crippen molar-refractivity contribution in [3.8, 4) is 11.5 Å². The van der Waals surface area contributed by atoms with E-state index in [1.54, 1.807) is 37.3 Å². The van der Waals surface area contributed by atoms with Gasteiger partial charge in [0.2, 0.25) is 5.76 Å². The van der Waals surface area contributed by atoms with E-state index >= 15 is 0 Å². The van der Waals surface area contributed by atoms with Crippen LogP contribution in [0.5, 0.6) is 11.5 Å². The van der Waals surface area contributed by atoms with Crippen LogP contribution in [0.2, 0.25) is 5.02 Å². The highest BCUT2D eigenvalue weighted by Crippen LogP contribution is 2.41. The molecule has 2 aromatic carbocycles. The first-order chi connectivity index (χ1) is 15.4. The number of carbonyl (C=O) groups excluding carboxylic acids is 1. The van der Waals surface area contributed by atoms with Gasteiger partial charge in [-0.25, -0.2) is 0 Å². The summed E-state index contributed by atoms with van der Waals surface area (Å²) in [6, 6.07) is 7.79. The van der Waals surface area contributed by atoms with Gasteiger partial charge in [-0.15, -0.1) is 0 Å². The van der Waals surface area contributed by atoms with Crippen LogP contribution in [0.1, 0.15) is 47.1 Å². The molecule has 4 rings (SSSR count). The largest absolute Gasteiger partial charge is 0.490 e. The van der Waals surface area contributed by atoms with Gasteiger partial charge in [-0.2, -0.15) is 0 Å². The van der Waals surface area contributed by atoms with E-state index in [-0.39, 0.29) is 29.9 Å². The predicted octanol–water partition coefficient (Wildman–Crippen LogP) is 4.09. The number of ether oxygens (including phenoxy) is 2. The first-order valence-corrected chi connectivity index (χ1v) is 10.9. The van der Waals surface area contributed by atoms with Gasteiger partial charge in [0.25, 0.3) is 5.91 Å². The van der Waals surface area contributed by atoms with Gasteiger partial charge in [0, 0.05) is 11.6 Å². The molecule has 0 aliphatic carbocycles. The molecule has 0 radical (unpaired) electrons. The molecule has 32 heavy (non-hydrogen) atoms. The number of carbonyl (C=O) groups is 1. The van der Waals surface area contributed by atoms with E-state index in [2.05, 4.69) is 0 Å². The van der Waals surface area contributed by atoms with Crippen molar-refractivity contribution in [3.05, 3.63) is 68.0 Å². The van der Waals surface area contributed by atoms with Gasteiger partial charge in [0.05, 0.1) is 36.8 Å². The maximum atomic E-state index is 13.5. The molecule has 1 aliphatic rings. The highest BCUT2D eigenvalue weighted by Gasteiger charge is 2.42. The Bertz CT molecular complexity index is 1250. The molecule has 0 saturated carbocycles. The Kier molecular flexibility index (Phi) is 6.13. The summed E-state index contributed by atoms with van der Waals surface area (Å²) in [7, 11) is 0. The van der Waals surface area contributed by atoms with Crippen LogP contribution in [-0.2, 0) is 0 Å². The zero-order valence-corrected chi connectivity index (χ0v) is 18.9. The Labute approximate surface area is 190 Å². The second kappa shape index (κ2) is 8.84. The standard InChI is InChI=1S/C24H24ClNO6/c1-4-30-17-7-6-14(11-19(17)31-5-2)21-20-22(28)15-12-16(25)13(3)10-18(15)32-23(20)24(29)26(21)8-9-27/h6-7,10-12,21,27H,4-5,8-9H2,1-3H3. The number of aryl methyl sites for hydroxylation is 1. The number of rotatable bonds is 7. The molecule has 8 heteroatoms. The van der Waals surface area contributed by atoms with Crippen molar-refractivity contribution < 1.29 is 23.8 Å². The smallest absolute Gasteiger partial charge is 0.290 e. The number of hydrogen-bond acceptors (Lipinski definition) is 6. The molecule has 1 aromatic heterocycles. The molecule has 1 amide bonds. The van der Waals surface area contributed by atoms with Crippen molar-refractivity contribution >= 4 is 28.5 Å². The summed E-state index contributed by atoms with van der Waals surface area (Å²) < 4.78 is 17.3. The Morgan fingerprint density at radius 3 is 2.50 bits per heavy atom. The SMILES string of the molecule is CCOc1ccc(C2c3c(oc4cc(C)c(Cl)cc4c3=O)C(=O)N2CCO)cc1OCC. The molecule has 0 spiro atoms. The van der Waals surface area contributed by atoms with Crippen LogP contribution in [0.15, 0.2) is 39.5 Å². The Balaban J connectivity index is 1.95. The van der Waals surface area contributed by atoms with Crippen LogP contribution in [0.4, 0.5) is 0 Å². The molecule has 1 unspecified atom stereocenters. The first-order valence-electron chi connectivity index (χ1n) is 10.5. The zero-order valence-electron chi connectivity index (χ0n) is 18.1. The molecule has 0 saturated heterocycles.